The molecule has 2 atom stereocenters. The van der Waals surface area contributed by atoms with Gasteiger partial charge in [0.2, 0.25) is 5.91 Å². The van der Waals surface area contributed by atoms with Crippen LogP contribution in [-0.2, 0) is 9.59 Å². The summed E-state index contributed by atoms with van der Waals surface area (Å²) in [7, 11) is 0. The molecular weight excluding hydrogens is 251 g/mol. The highest BCUT2D eigenvalue weighted by Crippen LogP contribution is 2.37. The van der Waals surface area contributed by atoms with E-state index in [1.807, 2.05) is 0 Å². The zero-order chi connectivity index (χ0) is 13.8. The smallest absolute Gasteiger partial charge is 0.391 e. The second-order valence-corrected chi connectivity index (χ2v) is 4.28. The summed E-state index contributed by atoms with van der Waals surface area (Å²) < 4.78 is 37.5. The highest BCUT2D eigenvalue weighted by molar-refractivity contribution is 5.93. The van der Waals surface area contributed by atoms with E-state index in [-0.39, 0.29) is 12.8 Å². The minimum atomic E-state index is -4.24. The summed E-state index contributed by atoms with van der Waals surface area (Å²) >= 11 is 0. The average molecular weight is 265 g/mol. The molecule has 1 saturated carbocycles. The maximum absolute atomic E-state index is 12.5. The van der Waals surface area contributed by atoms with Gasteiger partial charge < -0.3 is 10.4 Å². The quantitative estimate of drug-likeness (QED) is 0.765. The van der Waals surface area contributed by atoms with Crippen molar-refractivity contribution in [1.29, 1.82) is 0 Å². The van der Waals surface area contributed by atoms with Crippen molar-refractivity contribution >= 4 is 11.9 Å². The molecule has 7 heteroatoms. The molecule has 1 amide bonds. The van der Waals surface area contributed by atoms with Crippen LogP contribution in [0, 0.1) is 5.92 Å². The predicted octanol–water partition coefficient (Wildman–Crippen LogP) is 1.86. The van der Waals surface area contributed by atoms with Crippen molar-refractivity contribution in [2.75, 3.05) is 0 Å². The Bertz CT molecular complexity index is 352. The normalized spacial score (nSPS) is 25.1. The van der Waals surface area contributed by atoms with Crippen LogP contribution in [0.2, 0.25) is 0 Å². The van der Waals surface area contributed by atoms with Crippen molar-refractivity contribution < 1.29 is 27.9 Å². The van der Waals surface area contributed by atoms with Crippen LogP contribution in [0.4, 0.5) is 13.2 Å². The lowest BCUT2D eigenvalue weighted by molar-refractivity contribution is -0.184. The van der Waals surface area contributed by atoms with Crippen LogP contribution in [0.25, 0.3) is 0 Å². The summed E-state index contributed by atoms with van der Waals surface area (Å²) in [6, 6.07) is -0.545. The summed E-state index contributed by atoms with van der Waals surface area (Å²) in [6.07, 6.45) is -1.95. The van der Waals surface area contributed by atoms with Crippen LogP contribution in [0.1, 0.15) is 25.7 Å². The van der Waals surface area contributed by atoms with E-state index in [1.54, 1.807) is 0 Å². The van der Waals surface area contributed by atoms with Gasteiger partial charge in [-0.3, -0.25) is 4.79 Å². The Morgan fingerprint density at radius 3 is 2.44 bits per heavy atom. The van der Waals surface area contributed by atoms with Crippen LogP contribution in [0.15, 0.2) is 12.2 Å². The molecule has 1 rings (SSSR count). The lowest BCUT2D eigenvalue weighted by Gasteiger charge is -2.30. The molecule has 0 aromatic heterocycles. The van der Waals surface area contributed by atoms with E-state index in [0.717, 1.165) is 6.08 Å². The molecule has 2 N–H and O–H groups in total. The van der Waals surface area contributed by atoms with Gasteiger partial charge in [-0.2, -0.15) is 13.2 Å². The van der Waals surface area contributed by atoms with Gasteiger partial charge in [-0.1, -0.05) is 6.42 Å². The molecule has 0 radical (unpaired) electrons. The standard InChI is InChI=1S/C11H14F3NO3/c12-11(13,14)7-2-1-3-8(6-7)15-9(16)4-5-10(17)18/h4-5,7-8H,1-3,6H2,(H,15,16)(H,17,18)/b5-4-/t7-,8-/m1/s1. The van der Waals surface area contributed by atoms with Gasteiger partial charge in [0.1, 0.15) is 0 Å². The zero-order valence-corrected chi connectivity index (χ0v) is 9.54. The number of rotatable bonds is 3. The fourth-order valence-corrected chi connectivity index (χ4v) is 2.01. The predicted molar refractivity (Wildman–Crippen MR) is 56.7 cm³/mol. The average Bonchev–Trinajstić information content (AvgIpc) is 2.25. The van der Waals surface area contributed by atoms with Crippen molar-refractivity contribution in [3.8, 4) is 0 Å². The number of alkyl halides is 3. The largest absolute Gasteiger partial charge is 0.478 e. The van der Waals surface area contributed by atoms with Gasteiger partial charge in [0.25, 0.3) is 0 Å². The van der Waals surface area contributed by atoms with Crippen molar-refractivity contribution in [3.63, 3.8) is 0 Å². The molecule has 1 aliphatic rings. The molecule has 18 heavy (non-hydrogen) atoms. The molecule has 1 fully saturated rings. The fourth-order valence-electron chi connectivity index (χ4n) is 2.01. The molecule has 0 aliphatic heterocycles. The number of carboxylic acids is 1. The van der Waals surface area contributed by atoms with Crippen LogP contribution >= 0.6 is 0 Å². The maximum atomic E-state index is 12.5. The van der Waals surface area contributed by atoms with E-state index < -0.39 is 30.0 Å². The van der Waals surface area contributed by atoms with E-state index in [2.05, 4.69) is 5.32 Å². The second-order valence-electron chi connectivity index (χ2n) is 4.28. The first-order valence-corrected chi connectivity index (χ1v) is 5.57. The van der Waals surface area contributed by atoms with Gasteiger partial charge in [-0.25, -0.2) is 4.79 Å². The van der Waals surface area contributed by atoms with Gasteiger partial charge in [0, 0.05) is 18.2 Å². The topological polar surface area (TPSA) is 66.4 Å². The molecule has 0 bridgehead atoms. The number of amides is 1. The SMILES string of the molecule is O=C(O)/C=C\C(=O)N[C@@H]1CCC[C@@H](C(F)(F)F)C1. The fraction of sp³-hybridized carbons (Fsp3) is 0.636. The Kier molecular flexibility index (Phi) is 4.75. The summed E-state index contributed by atoms with van der Waals surface area (Å²) in [5, 5.41) is 10.7. The molecule has 0 spiro atoms. The third-order valence-corrected chi connectivity index (χ3v) is 2.86. The summed E-state index contributed by atoms with van der Waals surface area (Å²) in [5.41, 5.74) is 0. The van der Waals surface area contributed by atoms with Crippen LogP contribution in [0.5, 0.6) is 0 Å². The Labute approximate surface area is 102 Å². The zero-order valence-electron chi connectivity index (χ0n) is 9.54. The Morgan fingerprint density at radius 1 is 1.22 bits per heavy atom. The van der Waals surface area contributed by atoms with Gasteiger partial charge in [-0.15, -0.1) is 0 Å². The van der Waals surface area contributed by atoms with Gasteiger partial charge in [0.15, 0.2) is 0 Å². The summed E-state index contributed by atoms with van der Waals surface area (Å²) in [4.78, 5) is 21.4. The van der Waals surface area contributed by atoms with E-state index in [1.165, 1.54) is 0 Å². The van der Waals surface area contributed by atoms with Gasteiger partial charge >= 0.3 is 12.1 Å². The van der Waals surface area contributed by atoms with Crippen molar-refractivity contribution in [2.24, 2.45) is 5.92 Å². The first-order valence-electron chi connectivity index (χ1n) is 5.57. The molecule has 0 aromatic rings. The van der Waals surface area contributed by atoms with Gasteiger partial charge in [0.05, 0.1) is 5.92 Å². The van der Waals surface area contributed by atoms with Crippen LogP contribution in [-0.4, -0.2) is 29.2 Å². The Balaban J connectivity index is 2.48. The minimum absolute atomic E-state index is 0.0842. The Hall–Kier alpha value is -1.53. The van der Waals surface area contributed by atoms with Crippen molar-refractivity contribution in [1.82, 2.24) is 5.32 Å². The lowest BCUT2D eigenvalue weighted by Crippen LogP contribution is -2.41. The summed E-state index contributed by atoms with van der Waals surface area (Å²) in [5.74, 6) is -3.34. The maximum Gasteiger partial charge on any atom is 0.391 e. The number of hydrogen-bond donors (Lipinski definition) is 2. The molecule has 1 aliphatic carbocycles. The molecule has 0 unspecified atom stereocenters. The third-order valence-electron chi connectivity index (χ3n) is 2.86. The lowest BCUT2D eigenvalue weighted by atomic mass is 9.85. The van der Waals surface area contributed by atoms with E-state index in [4.69, 9.17) is 5.11 Å². The highest BCUT2D eigenvalue weighted by Gasteiger charge is 2.42. The number of carbonyl (C=O) groups excluding carboxylic acids is 1. The first-order chi connectivity index (χ1) is 8.29. The molecule has 0 aromatic carbocycles. The van der Waals surface area contributed by atoms with E-state index >= 15 is 0 Å². The molecular formula is C11H14F3NO3. The van der Waals surface area contributed by atoms with Crippen molar-refractivity contribution in [2.45, 2.75) is 37.9 Å². The third kappa shape index (κ3) is 4.77. The number of hydrogen-bond acceptors (Lipinski definition) is 2. The monoisotopic (exact) mass is 265 g/mol. The van der Waals surface area contributed by atoms with Crippen LogP contribution in [0.3, 0.4) is 0 Å². The van der Waals surface area contributed by atoms with E-state index in [9.17, 15) is 22.8 Å². The van der Waals surface area contributed by atoms with Crippen molar-refractivity contribution in [3.05, 3.63) is 12.2 Å². The summed E-state index contributed by atoms with van der Waals surface area (Å²) in [6.45, 7) is 0. The Morgan fingerprint density at radius 2 is 1.89 bits per heavy atom. The number of carboxylic acid groups (broad SMARTS) is 1. The second kappa shape index (κ2) is 5.88. The van der Waals surface area contributed by atoms with Crippen LogP contribution < -0.4 is 5.32 Å². The number of aliphatic carboxylic acids is 1. The molecule has 0 saturated heterocycles. The van der Waals surface area contributed by atoms with Gasteiger partial charge in [-0.05, 0) is 19.3 Å². The number of nitrogens with one attached hydrogen (secondary N) is 1. The molecule has 102 valence electrons. The minimum Gasteiger partial charge on any atom is -0.478 e. The molecule has 0 heterocycles. The molecule has 4 nitrogen and oxygen atoms in total. The van der Waals surface area contributed by atoms with E-state index in [0.29, 0.717) is 18.9 Å². The highest BCUT2D eigenvalue weighted by atomic mass is 19.4. The number of carbonyl (C=O) groups is 2. The number of halogens is 3. The first kappa shape index (κ1) is 14.5.